The van der Waals surface area contributed by atoms with Crippen molar-refractivity contribution in [2.45, 2.75) is 5.92 Å². The minimum atomic E-state index is -0.934. The summed E-state index contributed by atoms with van der Waals surface area (Å²) in [6.45, 7) is 0. The number of benzene rings is 2. The van der Waals surface area contributed by atoms with Crippen LogP contribution in [-0.4, -0.2) is 40.3 Å². The lowest BCUT2D eigenvalue weighted by Crippen LogP contribution is -2.41. The van der Waals surface area contributed by atoms with Gasteiger partial charge >= 0.3 is 11.9 Å². The molecule has 2 N–H and O–H groups in total. The van der Waals surface area contributed by atoms with E-state index in [0.717, 1.165) is 0 Å². The fourth-order valence-corrected chi connectivity index (χ4v) is 3.98. The number of nitrogens with zero attached hydrogens (tertiary/aromatic N) is 3. The van der Waals surface area contributed by atoms with E-state index in [4.69, 9.17) is 26.8 Å². The van der Waals surface area contributed by atoms with Gasteiger partial charge in [-0.1, -0.05) is 41.9 Å². The zero-order chi connectivity index (χ0) is 24.3. The maximum atomic E-state index is 13.1. The normalized spacial score (nSPS) is 15.8. The van der Waals surface area contributed by atoms with Gasteiger partial charge in [0.1, 0.15) is 11.5 Å². The molecule has 3 rings (SSSR count). The smallest absolute Gasteiger partial charge is 0.355 e. The number of nitriles is 1. The van der Waals surface area contributed by atoms with Crippen molar-refractivity contribution in [2.24, 2.45) is 5.73 Å². The topological polar surface area (TPSA) is 109 Å². The fraction of sp³-hybridized carbons (Fsp3) is 0.208. The van der Waals surface area contributed by atoms with E-state index < -0.39 is 17.9 Å². The van der Waals surface area contributed by atoms with Gasteiger partial charge in [0, 0.05) is 19.1 Å². The van der Waals surface area contributed by atoms with Gasteiger partial charge in [0.25, 0.3) is 0 Å². The van der Waals surface area contributed by atoms with Crippen LogP contribution in [0.4, 0.5) is 11.4 Å². The quantitative estimate of drug-likeness (QED) is 0.668. The Balaban J connectivity index is 2.48. The van der Waals surface area contributed by atoms with Crippen LogP contribution in [0.2, 0.25) is 5.02 Å². The van der Waals surface area contributed by atoms with Gasteiger partial charge in [-0.15, -0.1) is 0 Å². The molecule has 2 aromatic rings. The number of halogens is 1. The first-order valence-electron chi connectivity index (χ1n) is 9.89. The van der Waals surface area contributed by atoms with Crippen LogP contribution < -0.4 is 15.5 Å². The summed E-state index contributed by atoms with van der Waals surface area (Å²) in [5.41, 5.74) is 8.02. The van der Waals surface area contributed by atoms with Gasteiger partial charge in [-0.05, 0) is 23.8 Å². The van der Waals surface area contributed by atoms with Crippen molar-refractivity contribution in [2.75, 3.05) is 38.1 Å². The summed E-state index contributed by atoms with van der Waals surface area (Å²) in [5.74, 6) is -2.57. The number of ether oxygens (including phenoxy) is 2. The van der Waals surface area contributed by atoms with Crippen molar-refractivity contribution in [1.82, 2.24) is 0 Å². The number of anilines is 2. The van der Waals surface area contributed by atoms with Crippen LogP contribution in [-0.2, 0) is 19.1 Å². The molecule has 0 spiro atoms. The number of allylic oxidation sites excluding steroid dienone is 1. The van der Waals surface area contributed by atoms with E-state index in [2.05, 4.69) is 6.07 Å². The average Bonchev–Trinajstić information content (AvgIpc) is 2.82. The Labute approximate surface area is 197 Å². The average molecular weight is 467 g/mol. The summed E-state index contributed by atoms with van der Waals surface area (Å²) in [6, 6.07) is 16.0. The second-order valence-electron chi connectivity index (χ2n) is 7.36. The minimum absolute atomic E-state index is 0.0234. The number of methoxy groups -OCH3 is 2. The first kappa shape index (κ1) is 23.7. The van der Waals surface area contributed by atoms with Gasteiger partial charge in [-0.3, -0.25) is 4.90 Å². The van der Waals surface area contributed by atoms with E-state index in [0.29, 0.717) is 22.0 Å². The van der Waals surface area contributed by atoms with Crippen LogP contribution in [0.1, 0.15) is 11.5 Å². The molecule has 33 heavy (non-hydrogen) atoms. The molecule has 170 valence electrons. The molecule has 0 radical (unpaired) electrons. The first-order valence-corrected chi connectivity index (χ1v) is 10.3. The van der Waals surface area contributed by atoms with Crippen LogP contribution in [0.25, 0.3) is 0 Å². The van der Waals surface area contributed by atoms with E-state index in [1.54, 1.807) is 67.5 Å². The number of rotatable bonds is 5. The highest BCUT2D eigenvalue weighted by atomic mass is 35.5. The lowest BCUT2D eigenvalue weighted by atomic mass is 9.81. The number of carbonyl (C=O) groups is 2. The Hall–Kier alpha value is -3.96. The van der Waals surface area contributed by atoms with E-state index in [9.17, 15) is 14.9 Å². The summed E-state index contributed by atoms with van der Waals surface area (Å²) >= 11 is 6.28. The highest BCUT2D eigenvalue weighted by molar-refractivity contribution is 6.31. The fourth-order valence-electron chi connectivity index (χ4n) is 3.82. The molecule has 9 heteroatoms. The van der Waals surface area contributed by atoms with Crippen molar-refractivity contribution in [1.29, 1.82) is 5.26 Å². The lowest BCUT2D eigenvalue weighted by molar-refractivity contribution is -0.139. The third-order valence-corrected chi connectivity index (χ3v) is 5.51. The van der Waals surface area contributed by atoms with Crippen molar-refractivity contribution in [3.05, 3.63) is 81.8 Å². The van der Waals surface area contributed by atoms with Crippen LogP contribution in [0.15, 0.2) is 71.2 Å². The number of hydrogen-bond acceptors (Lipinski definition) is 8. The number of nitrogens with two attached hydrogens (primary N) is 1. The van der Waals surface area contributed by atoms with Crippen LogP contribution in [0.5, 0.6) is 0 Å². The van der Waals surface area contributed by atoms with E-state index >= 15 is 0 Å². The Morgan fingerprint density at radius 2 is 1.73 bits per heavy atom. The molecule has 1 aliphatic rings. The molecule has 0 saturated heterocycles. The molecule has 1 aliphatic heterocycles. The highest BCUT2D eigenvalue weighted by Crippen LogP contribution is 2.45. The summed E-state index contributed by atoms with van der Waals surface area (Å²) in [5, 5.41) is 10.5. The Bertz CT molecular complexity index is 1200. The predicted octanol–water partition coefficient (Wildman–Crippen LogP) is 3.30. The van der Waals surface area contributed by atoms with Crippen LogP contribution >= 0.6 is 11.6 Å². The number of carbonyl (C=O) groups excluding carboxylic acids is 2. The summed E-state index contributed by atoms with van der Waals surface area (Å²) < 4.78 is 10.1. The number of hydrogen-bond donors (Lipinski definition) is 1. The largest absolute Gasteiger partial charge is 0.466 e. The Morgan fingerprint density at radius 3 is 2.27 bits per heavy atom. The van der Waals surface area contributed by atoms with Crippen LogP contribution in [0.3, 0.4) is 0 Å². The third-order valence-electron chi connectivity index (χ3n) is 5.27. The maximum absolute atomic E-state index is 13.1. The second-order valence-corrected chi connectivity index (χ2v) is 7.80. The summed E-state index contributed by atoms with van der Waals surface area (Å²) in [4.78, 5) is 29.3. The van der Waals surface area contributed by atoms with Crippen molar-refractivity contribution >= 4 is 34.9 Å². The molecule has 0 fully saturated rings. The molecule has 1 unspecified atom stereocenters. The predicted molar refractivity (Wildman–Crippen MR) is 125 cm³/mol. The lowest BCUT2D eigenvalue weighted by Gasteiger charge is -2.37. The summed E-state index contributed by atoms with van der Waals surface area (Å²) in [7, 11) is 6.01. The van der Waals surface area contributed by atoms with Gasteiger partial charge in [-0.2, -0.15) is 5.26 Å². The van der Waals surface area contributed by atoms with Crippen molar-refractivity contribution < 1.29 is 19.1 Å². The molecule has 2 aromatic carbocycles. The monoisotopic (exact) mass is 466 g/mol. The second kappa shape index (κ2) is 9.67. The Morgan fingerprint density at radius 1 is 1.09 bits per heavy atom. The number of esters is 2. The summed E-state index contributed by atoms with van der Waals surface area (Å²) in [6.07, 6.45) is 0. The minimum Gasteiger partial charge on any atom is -0.466 e. The molecule has 0 amide bonds. The maximum Gasteiger partial charge on any atom is 0.355 e. The third kappa shape index (κ3) is 4.23. The van der Waals surface area contributed by atoms with Gasteiger partial charge in [0.15, 0.2) is 0 Å². The van der Waals surface area contributed by atoms with E-state index in [-0.39, 0.29) is 22.7 Å². The van der Waals surface area contributed by atoms with E-state index in [1.807, 2.05) is 0 Å². The van der Waals surface area contributed by atoms with Crippen LogP contribution in [0, 0.1) is 11.3 Å². The van der Waals surface area contributed by atoms with E-state index in [1.165, 1.54) is 19.1 Å². The zero-order valence-corrected chi connectivity index (χ0v) is 19.4. The molecule has 0 saturated carbocycles. The molecular weight excluding hydrogens is 444 g/mol. The standard InChI is InChI=1S/C24H23ClN4O4/c1-28(2)17-11-10-15(25)12-18(17)29-21(24(31)33-4)20(23(30)32-3)19(16(13-26)22(29)27)14-8-6-5-7-9-14/h5-12,19H,27H2,1-4H3. The van der Waals surface area contributed by atoms with Gasteiger partial charge in [-0.25, -0.2) is 9.59 Å². The molecular formula is C24H23ClN4O4. The van der Waals surface area contributed by atoms with Gasteiger partial charge in [0.05, 0.1) is 48.7 Å². The molecule has 0 aromatic heterocycles. The van der Waals surface area contributed by atoms with Crippen molar-refractivity contribution in [3.63, 3.8) is 0 Å². The molecule has 1 atom stereocenters. The van der Waals surface area contributed by atoms with Gasteiger partial charge in [0.2, 0.25) is 0 Å². The molecule has 0 aliphatic carbocycles. The molecule has 1 heterocycles. The molecule has 0 bridgehead atoms. The SMILES string of the molecule is COC(=O)C1=C(C(=O)OC)N(c2cc(Cl)ccc2N(C)C)C(N)=C(C#N)C1c1ccccc1. The Kier molecular flexibility index (Phi) is 6.95. The highest BCUT2D eigenvalue weighted by Gasteiger charge is 2.43. The first-order chi connectivity index (χ1) is 15.8. The molecule has 8 nitrogen and oxygen atoms in total. The van der Waals surface area contributed by atoms with Crippen molar-refractivity contribution in [3.8, 4) is 6.07 Å². The van der Waals surface area contributed by atoms with Gasteiger partial charge < -0.3 is 20.1 Å². The zero-order valence-electron chi connectivity index (χ0n) is 18.6.